The average Bonchev–Trinajstić information content (AvgIpc) is 3.99. The van der Waals surface area contributed by atoms with Crippen LogP contribution in [0.3, 0.4) is 0 Å². The number of aromatic nitrogens is 3. The predicted octanol–water partition coefficient (Wildman–Crippen LogP) is 7.05. The molecule has 18 heteroatoms. The number of rotatable bonds is 12. The lowest BCUT2D eigenvalue weighted by atomic mass is 9.93. The quantitative estimate of drug-likeness (QED) is 0.0784. The first-order chi connectivity index (χ1) is 24.8. The number of sulfone groups is 1. The second kappa shape index (κ2) is 14.2. The number of hydrogen-bond acceptors (Lipinski definition) is 6. The van der Waals surface area contributed by atoms with Crippen molar-refractivity contribution in [1.29, 1.82) is 0 Å². The lowest BCUT2D eigenvalue weighted by Crippen LogP contribution is -2.37. The number of halogens is 5. The van der Waals surface area contributed by atoms with Gasteiger partial charge in [-0.25, -0.2) is 44.3 Å². The van der Waals surface area contributed by atoms with Gasteiger partial charge < -0.3 is 10.4 Å². The van der Waals surface area contributed by atoms with Crippen molar-refractivity contribution in [2.75, 3.05) is 4.31 Å². The van der Waals surface area contributed by atoms with Gasteiger partial charge in [0.05, 0.1) is 38.5 Å². The van der Waals surface area contributed by atoms with Crippen molar-refractivity contribution in [3.8, 4) is 23.0 Å². The first-order valence-electron chi connectivity index (χ1n) is 16.4. The molecule has 282 valence electrons. The Morgan fingerprint density at radius 3 is 2.36 bits per heavy atom. The molecule has 2 fully saturated rings. The Labute approximate surface area is 310 Å². The van der Waals surface area contributed by atoms with Crippen LogP contribution in [0.25, 0.3) is 22.0 Å². The van der Waals surface area contributed by atoms with Crippen LogP contribution >= 0.6 is 11.6 Å². The lowest BCUT2D eigenvalue weighted by Gasteiger charge is -2.25. The van der Waals surface area contributed by atoms with E-state index in [9.17, 15) is 44.6 Å². The van der Waals surface area contributed by atoms with E-state index in [2.05, 4.69) is 27.2 Å². The van der Waals surface area contributed by atoms with Crippen LogP contribution in [0.5, 0.6) is 0 Å². The number of anilines is 1. The van der Waals surface area contributed by atoms with Gasteiger partial charge in [-0.05, 0) is 94.7 Å². The number of benzene rings is 2. The second-order valence-corrected chi connectivity index (χ2v) is 17.9. The number of amides is 1. The highest BCUT2D eigenvalue weighted by atomic mass is 35.5. The Bertz CT molecular complexity index is 2300. The number of pyridine rings is 1. The Morgan fingerprint density at radius 2 is 1.79 bits per heavy atom. The van der Waals surface area contributed by atoms with Gasteiger partial charge in [0, 0.05) is 17.2 Å². The maximum atomic E-state index is 14.3. The van der Waals surface area contributed by atoms with E-state index in [1.165, 1.54) is 38.1 Å². The molecule has 11 nitrogen and oxygen atoms in total. The molecule has 2 aromatic carbocycles. The third-order valence-corrected chi connectivity index (χ3v) is 13.4. The van der Waals surface area contributed by atoms with Crippen LogP contribution in [-0.4, -0.2) is 65.1 Å². The van der Waals surface area contributed by atoms with Crippen molar-refractivity contribution in [2.45, 2.75) is 87.4 Å². The molecule has 2 heterocycles. The Kier molecular flexibility index (Phi) is 10.3. The van der Waals surface area contributed by atoms with Crippen LogP contribution in [0.2, 0.25) is 5.02 Å². The normalized spacial score (nSPS) is 16.6. The van der Waals surface area contributed by atoms with Gasteiger partial charge >= 0.3 is 6.09 Å². The molecule has 0 bridgehead atoms. The molecule has 0 radical (unpaired) electrons. The van der Waals surface area contributed by atoms with Crippen molar-refractivity contribution < 1.29 is 44.6 Å². The van der Waals surface area contributed by atoms with Crippen LogP contribution in [0.4, 0.5) is 28.2 Å². The molecule has 0 aliphatic heterocycles. The molecule has 1 amide bonds. The summed E-state index contributed by atoms with van der Waals surface area (Å²) >= 11 is 4.04. The number of alkyl halides is 2. The van der Waals surface area contributed by atoms with Crippen molar-refractivity contribution >= 4 is 55.5 Å². The van der Waals surface area contributed by atoms with E-state index in [-0.39, 0.29) is 56.2 Å². The third kappa shape index (κ3) is 7.87. The van der Waals surface area contributed by atoms with E-state index in [1.54, 1.807) is 6.92 Å². The topological polar surface area (TPSA) is 155 Å². The first-order valence-corrected chi connectivity index (χ1v) is 19.4. The molecule has 0 saturated heterocycles. The number of hydrogen-bond donors (Lipinski definition) is 3. The summed E-state index contributed by atoms with van der Waals surface area (Å²) < 4.78 is 107. The van der Waals surface area contributed by atoms with E-state index in [0.717, 1.165) is 21.1 Å². The fourth-order valence-electron chi connectivity index (χ4n) is 6.23. The summed E-state index contributed by atoms with van der Waals surface area (Å²) in [5.41, 5.74) is -0.493. The SMILES string of the molecule is CC1(N(c2nn(CC(F)F)c3c(-c4ccc(C#CC(C)(C)S(=O)(=O)C5CC5)nc4[C@H](Cc4cc(F)cc(F)c4)NC(=O)O)ccc(Cl)c23)S(=O)O)CC1. The number of carboxylic acid groups (broad SMARTS) is 1. The monoisotopic (exact) mass is 795 g/mol. The molecule has 2 aliphatic carbocycles. The smallest absolute Gasteiger partial charge is 0.405 e. The molecule has 2 saturated carbocycles. The molecular weight excluding hydrogens is 762 g/mol. The van der Waals surface area contributed by atoms with E-state index in [1.807, 2.05) is 0 Å². The zero-order valence-corrected chi connectivity index (χ0v) is 30.9. The molecule has 2 aromatic heterocycles. The third-order valence-electron chi connectivity index (χ3n) is 9.32. The van der Waals surface area contributed by atoms with Crippen LogP contribution in [0.15, 0.2) is 42.5 Å². The molecule has 3 N–H and O–H groups in total. The molecule has 0 spiro atoms. The van der Waals surface area contributed by atoms with Gasteiger partial charge in [-0.2, -0.15) is 5.10 Å². The molecule has 4 aromatic rings. The van der Waals surface area contributed by atoms with Crippen molar-refractivity contribution in [3.05, 3.63) is 76.1 Å². The van der Waals surface area contributed by atoms with Crippen LogP contribution < -0.4 is 9.62 Å². The fourth-order valence-corrected chi connectivity index (χ4v) is 9.09. The predicted molar refractivity (Wildman–Crippen MR) is 192 cm³/mol. The largest absolute Gasteiger partial charge is 0.465 e. The molecule has 1 unspecified atom stereocenters. The minimum Gasteiger partial charge on any atom is -0.465 e. The Morgan fingerprint density at radius 1 is 1.15 bits per heavy atom. The second-order valence-electron chi connectivity index (χ2n) is 13.9. The first kappa shape index (κ1) is 38.5. The summed E-state index contributed by atoms with van der Waals surface area (Å²) in [5, 5.41) is 16.2. The van der Waals surface area contributed by atoms with Gasteiger partial charge in [0.2, 0.25) is 0 Å². The van der Waals surface area contributed by atoms with Crippen molar-refractivity contribution in [1.82, 2.24) is 20.1 Å². The van der Waals surface area contributed by atoms with Gasteiger partial charge in [-0.3, -0.25) is 9.23 Å². The minimum absolute atomic E-state index is 0.0110. The summed E-state index contributed by atoms with van der Waals surface area (Å²) in [6.45, 7) is 3.69. The van der Waals surface area contributed by atoms with Crippen molar-refractivity contribution in [3.63, 3.8) is 0 Å². The van der Waals surface area contributed by atoms with Gasteiger partial charge in [-0.15, -0.1) is 0 Å². The van der Waals surface area contributed by atoms with Crippen LogP contribution in [0, 0.1) is 23.5 Å². The maximum absolute atomic E-state index is 14.3. The summed E-state index contributed by atoms with van der Waals surface area (Å²) in [4.78, 5) is 16.8. The van der Waals surface area contributed by atoms with Crippen LogP contribution in [0.1, 0.15) is 69.4 Å². The van der Waals surface area contributed by atoms with Gasteiger partial charge in [-0.1, -0.05) is 23.6 Å². The van der Waals surface area contributed by atoms with E-state index >= 15 is 0 Å². The Balaban J connectivity index is 1.61. The Hall–Kier alpha value is -4.24. The summed E-state index contributed by atoms with van der Waals surface area (Å²) in [7, 11) is -3.63. The van der Waals surface area contributed by atoms with Gasteiger partial charge in [0.25, 0.3) is 17.7 Å². The standard InChI is InChI=1S/C35H34ClF4N5O6S2/c1-34(2,53(50,51)23-5-6-23)11-10-22-4-7-24(30(41-22)27(42-33(46)47)16-19-14-20(37)17-21(38)15-19)25-8-9-26(36)29-31(25)44(18-28(39)40)43-32(29)45(52(48)49)35(3)12-13-35/h4,7-9,14-15,17,23,27-28,42H,5-6,12-13,16,18H2,1-3H3,(H,46,47)(H,48,49)/t27-/m0/s1. The molecular formula is C35H34ClF4N5O6S2. The summed E-state index contributed by atoms with van der Waals surface area (Å²) in [5.74, 6) is 3.59. The molecule has 2 aliphatic rings. The highest BCUT2D eigenvalue weighted by molar-refractivity contribution is 7.93. The average molecular weight is 796 g/mol. The number of carbonyl (C=O) groups is 1. The van der Waals surface area contributed by atoms with E-state index < -0.39 is 73.4 Å². The number of fused-ring (bicyclic) bond motifs is 1. The number of nitrogens with zero attached hydrogens (tertiary/aromatic N) is 4. The highest BCUT2D eigenvalue weighted by Gasteiger charge is 2.49. The van der Waals surface area contributed by atoms with Crippen molar-refractivity contribution in [2.24, 2.45) is 0 Å². The van der Waals surface area contributed by atoms with E-state index in [0.29, 0.717) is 31.7 Å². The van der Waals surface area contributed by atoms with Gasteiger partial charge in [0.1, 0.15) is 28.6 Å². The fraction of sp³-hybridized carbons (Fsp3) is 0.400. The maximum Gasteiger partial charge on any atom is 0.405 e. The molecule has 6 rings (SSSR count). The number of nitrogens with one attached hydrogen (secondary N) is 1. The van der Waals surface area contributed by atoms with E-state index in [4.69, 9.17) is 11.6 Å². The highest BCUT2D eigenvalue weighted by Crippen LogP contribution is 2.48. The lowest BCUT2D eigenvalue weighted by molar-refractivity contribution is 0.123. The zero-order chi connectivity index (χ0) is 38.6. The van der Waals surface area contributed by atoms with Gasteiger partial charge in [0.15, 0.2) is 15.7 Å². The minimum atomic E-state index is -3.63. The zero-order valence-electron chi connectivity index (χ0n) is 28.5. The molecule has 53 heavy (non-hydrogen) atoms. The summed E-state index contributed by atoms with van der Waals surface area (Å²) in [6.07, 6.45) is -2.73. The summed E-state index contributed by atoms with van der Waals surface area (Å²) in [6, 6.07) is 7.14. The molecule has 2 atom stereocenters. The van der Waals surface area contributed by atoms with Crippen LogP contribution in [-0.2, 0) is 34.1 Å².